The minimum absolute atomic E-state index is 0.0370. The Balaban J connectivity index is 1.81. The molecule has 3 rings (SSSR count). The van der Waals surface area contributed by atoms with E-state index >= 15 is 0 Å². The quantitative estimate of drug-likeness (QED) is 0.613. The molecule has 134 valence electrons. The second kappa shape index (κ2) is 8.39. The zero-order chi connectivity index (χ0) is 18.4. The van der Waals surface area contributed by atoms with E-state index in [1.54, 1.807) is 23.3 Å². The van der Waals surface area contributed by atoms with E-state index in [1.807, 2.05) is 31.2 Å². The molecule has 0 spiro atoms. The van der Waals surface area contributed by atoms with E-state index < -0.39 is 0 Å². The molecule has 26 heavy (non-hydrogen) atoms. The second-order valence-corrected chi connectivity index (χ2v) is 6.18. The average molecular weight is 349 g/mol. The van der Waals surface area contributed by atoms with Crippen molar-refractivity contribution >= 4 is 5.91 Å². The summed E-state index contributed by atoms with van der Waals surface area (Å²) in [5.74, 6) is 1.49. The van der Waals surface area contributed by atoms with Crippen molar-refractivity contribution in [2.24, 2.45) is 0 Å². The Hall–Kier alpha value is -3.01. The molecule has 0 aliphatic rings. The Kier molecular flexibility index (Phi) is 5.74. The van der Waals surface area contributed by atoms with Gasteiger partial charge < -0.3 is 14.1 Å². The normalized spacial score (nSPS) is 10.5. The molecule has 4 nitrogen and oxygen atoms in total. The van der Waals surface area contributed by atoms with Gasteiger partial charge in [0.15, 0.2) is 0 Å². The Morgan fingerprint density at radius 2 is 1.73 bits per heavy atom. The molecule has 0 N–H and O–H groups in total. The number of hydrogen-bond donors (Lipinski definition) is 0. The van der Waals surface area contributed by atoms with Crippen LogP contribution in [0.1, 0.15) is 34.2 Å². The first-order valence-corrected chi connectivity index (χ1v) is 8.76. The van der Waals surface area contributed by atoms with E-state index in [-0.39, 0.29) is 5.91 Å². The molecule has 0 unspecified atom stereocenters. The molecule has 0 saturated heterocycles. The number of hydrogen-bond acceptors (Lipinski definition) is 3. The third-order valence-corrected chi connectivity index (χ3v) is 4.12. The van der Waals surface area contributed by atoms with Crippen LogP contribution in [0.25, 0.3) is 0 Å². The van der Waals surface area contributed by atoms with Gasteiger partial charge in [-0.2, -0.15) is 0 Å². The highest BCUT2D eigenvalue weighted by molar-refractivity contribution is 5.94. The Morgan fingerprint density at radius 3 is 2.35 bits per heavy atom. The predicted molar refractivity (Wildman–Crippen MR) is 101 cm³/mol. The number of rotatable bonds is 7. The number of carbonyl (C=O) groups is 1. The van der Waals surface area contributed by atoms with E-state index in [0.29, 0.717) is 25.3 Å². The summed E-state index contributed by atoms with van der Waals surface area (Å²) in [6, 6.07) is 19.2. The van der Waals surface area contributed by atoms with Crippen LogP contribution in [0.2, 0.25) is 0 Å². The van der Waals surface area contributed by atoms with Gasteiger partial charge in [-0.25, -0.2) is 0 Å². The van der Waals surface area contributed by atoms with Crippen LogP contribution in [0.4, 0.5) is 0 Å². The fourth-order valence-electron chi connectivity index (χ4n) is 2.75. The number of aryl methyl sites for hydroxylation is 1. The maximum Gasteiger partial charge on any atom is 0.254 e. The Bertz CT molecular complexity index is 821. The third kappa shape index (κ3) is 4.54. The monoisotopic (exact) mass is 349 g/mol. The molecule has 0 aliphatic carbocycles. The molecule has 3 aromatic rings. The average Bonchev–Trinajstić information content (AvgIpc) is 3.16. The van der Waals surface area contributed by atoms with Gasteiger partial charge in [0, 0.05) is 12.1 Å². The van der Waals surface area contributed by atoms with Gasteiger partial charge >= 0.3 is 0 Å². The first kappa shape index (κ1) is 17.8. The largest absolute Gasteiger partial charge is 0.494 e. The molecule has 0 saturated carbocycles. The van der Waals surface area contributed by atoms with E-state index in [1.165, 1.54) is 5.56 Å². The minimum Gasteiger partial charge on any atom is -0.494 e. The van der Waals surface area contributed by atoms with Crippen molar-refractivity contribution in [3.63, 3.8) is 0 Å². The van der Waals surface area contributed by atoms with Gasteiger partial charge in [-0.3, -0.25) is 4.79 Å². The standard InChI is InChI=1S/C22H23NO3/c1-3-25-20-12-10-19(11-13-20)22(24)23(16-21-5-4-14-26-21)15-18-8-6-17(2)7-9-18/h4-14H,3,15-16H2,1-2H3. The van der Waals surface area contributed by atoms with Crippen molar-refractivity contribution in [1.29, 1.82) is 0 Å². The van der Waals surface area contributed by atoms with E-state index in [4.69, 9.17) is 9.15 Å². The molecule has 2 aromatic carbocycles. The van der Waals surface area contributed by atoms with Crippen LogP contribution in [0.15, 0.2) is 71.3 Å². The third-order valence-electron chi connectivity index (χ3n) is 4.12. The predicted octanol–water partition coefficient (Wildman–Crippen LogP) is 4.83. The minimum atomic E-state index is -0.0370. The summed E-state index contributed by atoms with van der Waals surface area (Å²) in [5, 5.41) is 0. The summed E-state index contributed by atoms with van der Waals surface area (Å²) >= 11 is 0. The van der Waals surface area contributed by atoms with Crippen LogP contribution in [0, 0.1) is 6.92 Å². The molecule has 0 radical (unpaired) electrons. The number of nitrogens with zero attached hydrogens (tertiary/aromatic N) is 1. The van der Waals surface area contributed by atoms with Gasteiger partial charge in [0.05, 0.1) is 19.4 Å². The molecular formula is C22H23NO3. The number of ether oxygens (including phenoxy) is 1. The lowest BCUT2D eigenvalue weighted by molar-refractivity contribution is 0.0717. The number of amides is 1. The lowest BCUT2D eigenvalue weighted by atomic mass is 10.1. The molecule has 1 aromatic heterocycles. The summed E-state index contributed by atoms with van der Waals surface area (Å²) < 4.78 is 10.9. The Morgan fingerprint density at radius 1 is 1.00 bits per heavy atom. The van der Waals surface area contributed by atoms with Crippen LogP contribution in [-0.4, -0.2) is 17.4 Å². The zero-order valence-corrected chi connectivity index (χ0v) is 15.1. The van der Waals surface area contributed by atoms with E-state index in [0.717, 1.165) is 17.1 Å². The SMILES string of the molecule is CCOc1ccc(C(=O)N(Cc2ccc(C)cc2)Cc2ccco2)cc1. The lowest BCUT2D eigenvalue weighted by Gasteiger charge is -2.22. The van der Waals surface area contributed by atoms with Crippen molar-refractivity contribution in [1.82, 2.24) is 4.90 Å². The maximum atomic E-state index is 13.1. The molecule has 0 bridgehead atoms. The Labute approximate surface area is 154 Å². The highest BCUT2D eigenvalue weighted by Crippen LogP contribution is 2.18. The molecule has 0 atom stereocenters. The van der Waals surface area contributed by atoms with Crippen molar-refractivity contribution in [3.05, 3.63) is 89.4 Å². The summed E-state index contributed by atoms with van der Waals surface area (Å²) in [6.45, 7) is 5.53. The number of benzene rings is 2. The molecule has 0 fully saturated rings. The summed E-state index contributed by atoms with van der Waals surface area (Å²) in [7, 11) is 0. The maximum absolute atomic E-state index is 13.1. The van der Waals surface area contributed by atoms with E-state index in [9.17, 15) is 4.79 Å². The first-order valence-electron chi connectivity index (χ1n) is 8.76. The van der Waals surface area contributed by atoms with Gasteiger partial charge in [-0.05, 0) is 55.8 Å². The number of carbonyl (C=O) groups excluding carboxylic acids is 1. The molecule has 4 heteroatoms. The van der Waals surface area contributed by atoms with Crippen LogP contribution in [-0.2, 0) is 13.1 Å². The highest BCUT2D eigenvalue weighted by atomic mass is 16.5. The molecular weight excluding hydrogens is 326 g/mol. The van der Waals surface area contributed by atoms with Gasteiger partial charge in [0.2, 0.25) is 0 Å². The van der Waals surface area contributed by atoms with Gasteiger partial charge in [0.1, 0.15) is 11.5 Å². The summed E-state index contributed by atoms with van der Waals surface area (Å²) in [5.41, 5.74) is 2.91. The van der Waals surface area contributed by atoms with Crippen LogP contribution >= 0.6 is 0 Å². The highest BCUT2D eigenvalue weighted by Gasteiger charge is 2.18. The van der Waals surface area contributed by atoms with Gasteiger partial charge in [-0.1, -0.05) is 29.8 Å². The lowest BCUT2D eigenvalue weighted by Crippen LogP contribution is -2.30. The van der Waals surface area contributed by atoms with Crippen LogP contribution < -0.4 is 4.74 Å². The smallest absolute Gasteiger partial charge is 0.254 e. The fraction of sp³-hybridized carbons (Fsp3) is 0.227. The first-order chi connectivity index (χ1) is 12.7. The van der Waals surface area contributed by atoms with E-state index in [2.05, 4.69) is 31.2 Å². The zero-order valence-electron chi connectivity index (χ0n) is 15.1. The van der Waals surface area contributed by atoms with Gasteiger partial charge in [-0.15, -0.1) is 0 Å². The van der Waals surface area contributed by atoms with Crippen molar-refractivity contribution in [2.45, 2.75) is 26.9 Å². The van der Waals surface area contributed by atoms with Gasteiger partial charge in [0.25, 0.3) is 5.91 Å². The molecule has 1 amide bonds. The topological polar surface area (TPSA) is 42.7 Å². The van der Waals surface area contributed by atoms with Crippen LogP contribution in [0.3, 0.4) is 0 Å². The molecule has 1 heterocycles. The van der Waals surface area contributed by atoms with Crippen molar-refractivity contribution < 1.29 is 13.9 Å². The molecule has 0 aliphatic heterocycles. The summed E-state index contributed by atoms with van der Waals surface area (Å²) in [4.78, 5) is 14.8. The van der Waals surface area contributed by atoms with Crippen LogP contribution in [0.5, 0.6) is 5.75 Å². The number of furan rings is 1. The fourth-order valence-corrected chi connectivity index (χ4v) is 2.75. The van der Waals surface area contributed by atoms with Crippen molar-refractivity contribution in [2.75, 3.05) is 6.61 Å². The second-order valence-electron chi connectivity index (χ2n) is 6.18. The van der Waals surface area contributed by atoms with Crippen molar-refractivity contribution in [3.8, 4) is 5.75 Å². The summed E-state index contributed by atoms with van der Waals surface area (Å²) in [6.07, 6.45) is 1.63.